The number of carbonyl (C=O) groups is 5. The van der Waals surface area contributed by atoms with Gasteiger partial charge >= 0.3 is 6.16 Å². The topological polar surface area (TPSA) is 175 Å². The number of hydrogen-bond acceptors (Lipinski definition) is 12. The van der Waals surface area contributed by atoms with Crippen LogP contribution in [0.3, 0.4) is 0 Å². The number of ether oxygens (including phenoxy) is 4. The molecule has 64 heavy (non-hydrogen) atoms. The van der Waals surface area contributed by atoms with E-state index in [1.165, 1.54) is 31.4 Å². The van der Waals surface area contributed by atoms with Crippen molar-refractivity contribution in [1.29, 1.82) is 0 Å². The zero-order valence-electron chi connectivity index (χ0n) is 40.4. The minimum Gasteiger partial charge on any atom is -0.425 e. The van der Waals surface area contributed by atoms with Crippen molar-refractivity contribution in [2.45, 2.75) is 130 Å². The third-order valence-corrected chi connectivity index (χ3v) is 13.1. The smallest absolute Gasteiger partial charge is 0.425 e. The Labute approximate surface area is 380 Å². The largest absolute Gasteiger partial charge is 0.514 e. The molecule has 2 aromatic carbocycles. The van der Waals surface area contributed by atoms with Gasteiger partial charge < -0.3 is 28.7 Å². The van der Waals surface area contributed by atoms with Gasteiger partial charge in [0.05, 0.1) is 41.7 Å². The summed E-state index contributed by atoms with van der Waals surface area (Å²) in [6.07, 6.45) is -0.964. The summed E-state index contributed by atoms with van der Waals surface area (Å²) in [5.41, 5.74) is 0.496. The quantitative estimate of drug-likeness (QED) is 0.0405. The molecular weight excluding hydrogens is 821 g/mol. The monoisotopic (exact) mass is 895 g/mol. The second-order valence-electron chi connectivity index (χ2n) is 18.5. The molecule has 1 aliphatic rings. The molecule has 0 radical (unpaired) electrons. The molecule has 356 valence electrons. The van der Waals surface area contributed by atoms with Crippen molar-refractivity contribution in [1.82, 2.24) is 14.7 Å². The number of non-ortho nitro benzene ring substituents is 1. The number of carbonyl (C=O) groups excluding carboxylic acids is 5. The number of Topliss-reactive ketones (excluding diaryl/α,β-unsaturated/α-hetero) is 2. The second-order valence-corrected chi connectivity index (χ2v) is 18.5. The van der Waals surface area contributed by atoms with E-state index in [1.54, 1.807) is 55.1 Å². The van der Waals surface area contributed by atoms with Crippen molar-refractivity contribution in [3.05, 3.63) is 70.3 Å². The predicted octanol–water partition coefficient (Wildman–Crippen LogP) is 8.18. The minimum absolute atomic E-state index is 0.00280. The summed E-state index contributed by atoms with van der Waals surface area (Å²) < 4.78 is 23.3. The first-order chi connectivity index (χ1) is 30.2. The molecule has 0 bridgehead atoms. The lowest BCUT2D eigenvalue weighted by molar-refractivity contribution is -0.384. The molecule has 0 aromatic heterocycles. The maximum atomic E-state index is 14.4. The van der Waals surface area contributed by atoms with E-state index in [2.05, 4.69) is 0 Å². The normalized spacial score (nSPS) is 18.4. The van der Waals surface area contributed by atoms with Gasteiger partial charge in [0.2, 0.25) is 11.8 Å². The molecule has 2 amide bonds. The van der Waals surface area contributed by atoms with E-state index in [-0.39, 0.29) is 77.9 Å². The van der Waals surface area contributed by atoms with Crippen LogP contribution in [0.25, 0.3) is 0 Å². The number of hydrogen-bond donors (Lipinski definition) is 0. The number of benzene rings is 2. The summed E-state index contributed by atoms with van der Waals surface area (Å²) >= 11 is 0. The van der Waals surface area contributed by atoms with Gasteiger partial charge in [-0.25, -0.2) is 4.79 Å². The molecule has 15 nitrogen and oxygen atoms in total. The number of likely N-dealkylation sites (N-methyl/N-ethyl adjacent to an activating group) is 2. The van der Waals surface area contributed by atoms with Gasteiger partial charge in [-0.15, -0.1) is 0 Å². The highest BCUT2D eigenvalue weighted by Gasteiger charge is 2.43. The Hall–Kier alpha value is -4.73. The maximum Gasteiger partial charge on any atom is 0.514 e. The first-order valence-corrected chi connectivity index (χ1v) is 22.7. The Morgan fingerprint density at radius 3 is 1.95 bits per heavy atom. The summed E-state index contributed by atoms with van der Waals surface area (Å²) in [6, 6.07) is 12.9. The van der Waals surface area contributed by atoms with Gasteiger partial charge in [-0.2, -0.15) is 0 Å². The highest BCUT2D eigenvalue weighted by Crippen LogP contribution is 2.34. The van der Waals surface area contributed by atoms with Crippen LogP contribution in [0.1, 0.15) is 106 Å². The number of amides is 2. The first-order valence-electron chi connectivity index (χ1n) is 22.7. The van der Waals surface area contributed by atoms with Gasteiger partial charge in [0, 0.05) is 70.5 Å². The molecule has 0 N–H and O–H groups in total. The third kappa shape index (κ3) is 14.1. The molecule has 3 rings (SSSR count). The molecule has 0 aliphatic carbocycles. The molecule has 1 heterocycles. The molecule has 10 atom stereocenters. The first kappa shape index (κ1) is 53.6. The summed E-state index contributed by atoms with van der Waals surface area (Å²) in [4.78, 5) is 85.5. The number of nitro benzene ring substituents is 1. The fraction of sp³-hybridized carbons (Fsp3) is 0.653. The Kier molecular flexibility index (Phi) is 21.0. The van der Waals surface area contributed by atoms with Crippen molar-refractivity contribution in [3.8, 4) is 5.75 Å². The van der Waals surface area contributed by atoms with Crippen LogP contribution in [0, 0.1) is 45.6 Å². The maximum absolute atomic E-state index is 14.4. The molecule has 1 unspecified atom stereocenters. The number of nitro groups is 1. The van der Waals surface area contributed by atoms with Crippen molar-refractivity contribution < 1.29 is 47.8 Å². The lowest BCUT2D eigenvalue weighted by Gasteiger charge is -2.41. The van der Waals surface area contributed by atoms with Crippen LogP contribution in [0.2, 0.25) is 0 Å². The predicted molar refractivity (Wildman–Crippen MR) is 245 cm³/mol. The molecular formula is C49H74N4O11. The van der Waals surface area contributed by atoms with E-state index in [4.69, 9.17) is 18.9 Å². The van der Waals surface area contributed by atoms with Crippen molar-refractivity contribution in [2.75, 3.05) is 41.9 Å². The number of likely N-dealkylation sites (tertiary alicyclic amines) is 1. The van der Waals surface area contributed by atoms with Crippen LogP contribution in [0.4, 0.5) is 10.5 Å². The fourth-order valence-electron chi connectivity index (χ4n) is 9.43. The number of nitrogens with zero attached hydrogens (tertiary/aromatic N) is 4. The van der Waals surface area contributed by atoms with Crippen molar-refractivity contribution in [2.24, 2.45) is 35.5 Å². The highest BCUT2D eigenvalue weighted by molar-refractivity contribution is 5.90. The van der Waals surface area contributed by atoms with E-state index in [0.717, 1.165) is 6.42 Å². The van der Waals surface area contributed by atoms with Gasteiger partial charge in [0.15, 0.2) is 5.78 Å². The van der Waals surface area contributed by atoms with Gasteiger partial charge in [-0.3, -0.25) is 34.2 Å². The lowest BCUT2D eigenvalue weighted by atomic mass is 9.83. The van der Waals surface area contributed by atoms with E-state index in [9.17, 15) is 34.1 Å². The standard InChI is InChI=1S/C49H74N4O11/c1-14-32(6)45(51(11)48(57)38(30(2)3)28-41(55)44(31(4)5)50(9)10)42(61-12)29-43(56)52-26-18-21-39(52)47(62-13)34(8)40(54)27-33(7)46(35-19-16-15-17-20-35)64-49(58)63-37-24-22-36(23-25-37)53(59)60/h15-17,19-20,22-25,30-34,38-39,42,44-47H,14,18,21,26-29H2,1-13H3/t32-,33-,34-,38-,39-,42?,44-,45-,46+,47+/m0/s1. The Balaban J connectivity index is 1.78. The number of methoxy groups -OCH3 is 2. The molecule has 1 fully saturated rings. The fourth-order valence-corrected chi connectivity index (χ4v) is 9.43. The summed E-state index contributed by atoms with van der Waals surface area (Å²) in [6.45, 7) is 16.1. The van der Waals surface area contributed by atoms with Crippen LogP contribution >= 0.6 is 0 Å². The molecule has 2 aromatic rings. The van der Waals surface area contributed by atoms with Gasteiger partial charge in [-0.1, -0.05) is 92.1 Å². The molecule has 15 heteroatoms. The van der Waals surface area contributed by atoms with Crippen LogP contribution in [-0.4, -0.2) is 121 Å². The molecule has 1 saturated heterocycles. The van der Waals surface area contributed by atoms with Crippen LogP contribution < -0.4 is 4.74 Å². The van der Waals surface area contributed by atoms with Gasteiger partial charge in [0.25, 0.3) is 5.69 Å². The second kappa shape index (κ2) is 25.1. The van der Waals surface area contributed by atoms with Crippen molar-refractivity contribution in [3.63, 3.8) is 0 Å². The summed E-state index contributed by atoms with van der Waals surface area (Å²) in [5.74, 6) is -2.08. The molecule has 0 saturated carbocycles. The zero-order chi connectivity index (χ0) is 48.0. The van der Waals surface area contributed by atoms with Gasteiger partial charge in [0.1, 0.15) is 17.6 Å². The summed E-state index contributed by atoms with van der Waals surface area (Å²) in [7, 11) is 8.62. The average molecular weight is 895 g/mol. The SMILES string of the molecule is CC[C@H](C)[C@@H](C(CC(=O)N1CCC[C@H]1[C@H](OC)[C@@H](C)C(=O)C[C@H](C)[C@@H](OC(=O)Oc1ccc([N+](=O)[O-])cc1)c1ccccc1)OC)N(C)C(=O)[C@@H](CC(=O)[C@H](C(C)C)N(C)C)C(C)C. The minimum atomic E-state index is -1.03. The van der Waals surface area contributed by atoms with Crippen molar-refractivity contribution >= 4 is 35.2 Å². The van der Waals surface area contributed by atoms with Gasteiger partial charge in [-0.05, 0) is 62.4 Å². The number of ketones is 2. The van der Waals surface area contributed by atoms with E-state index in [0.29, 0.717) is 24.9 Å². The third-order valence-electron chi connectivity index (χ3n) is 13.1. The van der Waals surface area contributed by atoms with Crippen LogP contribution in [0.15, 0.2) is 54.6 Å². The van der Waals surface area contributed by atoms with E-state index in [1.807, 2.05) is 73.5 Å². The Morgan fingerprint density at radius 1 is 0.812 bits per heavy atom. The molecule has 1 aliphatic heterocycles. The van der Waals surface area contributed by atoms with E-state index >= 15 is 0 Å². The Bertz CT molecular complexity index is 1830. The average Bonchev–Trinajstić information content (AvgIpc) is 3.74. The zero-order valence-corrected chi connectivity index (χ0v) is 40.4. The molecule has 0 spiro atoms. The lowest BCUT2D eigenvalue weighted by Crippen LogP contribution is -2.54. The Morgan fingerprint density at radius 2 is 1.44 bits per heavy atom. The van der Waals surface area contributed by atoms with Crippen LogP contribution in [-0.2, 0) is 33.4 Å². The van der Waals surface area contributed by atoms with Crippen LogP contribution in [0.5, 0.6) is 5.75 Å². The highest BCUT2D eigenvalue weighted by atomic mass is 16.7. The summed E-state index contributed by atoms with van der Waals surface area (Å²) in [5, 5.41) is 11.1. The van der Waals surface area contributed by atoms with E-state index < -0.39 is 59.2 Å². The number of rotatable bonds is 25.